The van der Waals surface area contributed by atoms with Gasteiger partial charge in [0.25, 0.3) is 0 Å². The zero-order chi connectivity index (χ0) is 23.4. The molecule has 0 heterocycles. The maximum absolute atomic E-state index is 12.0. The maximum Gasteiger partial charge on any atom is 0.305 e. The third-order valence-corrected chi connectivity index (χ3v) is 12.4. The molecule has 1 aliphatic rings. The summed E-state index contributed by atoms with van der Waals surface area (Å²) in [6.45, 7) is 18.2. The smallest absolute Gasteiger partial charge is 0.305 e. The first-order valence-corrected chi connectivity index (χ1v) is 14.6. The molecule has 1 aromatic rings. The number of aliphatic imine (C=N–C) groups is 1. The van der Waals surface area contributed by atoms with Crippen LogP contribution in [0.5, 0.6) is 0 Å². The molecule has 0 amide bonds. The van der Waals surface area contributed by atoms with E-state index in [0.717, 1.165) is 19.3 Å². The van der Waals surface area contributed by atoms with Gasteiger partial charge >= 0.3 is 5.97 Å². The molecule has 0 radical (unpaired) electrons. The van der Waals surface area contributed by atoms with Crippen LogP contribution in [-0.4, -0.2) is 33.2 Å². The van der Waals surface area contributed by atoms with E-state index in [-0.39, 0.29) is 34.5 Å². The van der Waals surface area contributed by atoms with Gasteiger partial charge in [0.1, 0.15) is 0 Å². The summed E-state index contributed by atoms with van der Waals surface area (Å²) in [6, 6.07) is 10.5. The first kappa shape index (κ1) is 25.8. The zero-order valence-electron chi connectivity index (χ0n) is 21.1. The van der Waals surface area contributed by atoms with Crippen molar-refractivity contribution in [2.75, 3.05) is 7.11 Å². The third-order valence-electron chi connectivity index (χ3n) is 7.85. The van der Waals surface area contributed by atoms with Crippen molar-refractivity contribution in [1.29, 1.82) is 0 Å². The SMILES string of the molecule is COC(=O)CC[C@@]1(C)C(=N[C@H](C)c2ccccc2)CC[C@@H](O[Si](C)(C)C(C)(C)C)[C@@H]1C. The lowest BCUT2D eigenvalue weighted by Crippen LogP contribution is -2.52. The van der Waals surface area contributed by atoms with Gasteiger partial charge in [-0.2, -0.15) is 0 Å². The second-order valence-electron chi connectivity index (χ2n) is 10.9. The van der Waals surface area contributed by atoms with Gasteiger partial charge < -0.3 is 9.16 Å². The van der Waals surface area contributed by atoms with E-state index < -0.39 is 8.32 Å². The van der Waals surface area contributed by atoms with Crippen LogP contribution < -0.4 is 0 Å². The highest BCUT2D eigenvalue weighted by molar-refractivity contribution is 6.74. The molecule has 4 atom stereocenters. The first-order valence-electron chi connectivity index (χ1n) is 11.7. The Kier molecular flexibility index (Phi) is 8.31. The number of esters is 1. The molecule has 2 rings (SSSR count). The number of hydrogen-bond donors (Lipinski definition) is 0. The van der Waals surface area contributed by atoms with Crippen molar-refractivity contribution in [2.24, 2.45) is 16.3 Å². The lowest BCUT2D eigenvalue weighted by molar-refractivity contribution is -0.141. The Hall–Kier alpha value is -1.46. The Bertz CT molecular complexity index is 769. The summed E-state index contributed by atoms with van der Waals surface area (Å²) in [4.78, 5) is 17.2. The maximum atomic E-state index is 12.0. The van der Waals surface area contributed by atoms with E-state index in [0.29, 0.717) is 6.42 Å². The lowest BCUT2D eigenvalue weighted by atomic mass is 9.63. The Morgan fingerprint density at radius 1 is 1.26 bits per heavy atom. The van der Waals surface area contributed by atoms with Crippen molar-refractivity contribution in [3.63, 3.8) is 0 Å². The summed E-state index contributed by atoms with van der Waals surface area (Å²) in [7, 11) is -0.423. The van der Waals surface area contributed by atoms with Gasteiger partial charge in [-0.3, -0.25) is 9.79 Å². The molecule has 0 spiro atoms. The fourth-order valence-electron chi connectivity index (χ4n) is 4.29. The fraction of sp³-hybridized carbons (Fsp3) is 0.692. The highest BCUT2D eigenvalue weighted by atomic mass is 28.4. The van der Waals surface area contributed by atoms with Crippen molar-refractivity contribution in [3.8, 4) is 0 Å². The normalized spacial score (nSPS) is 27.2. The molecular formula is C26H43NO3Si. The van der Waals surface area contributed by atoms with Crippen molar-refractivity contribution in [3.05, 3.63) is 35.9 Å². The van der Waals surface area contributed by atoms with Gasteiger partial charge in [0.2, 0.25) is 0 Å². The average Bonchev–Trinajstić information content (AvgIpc) is 2.71. The van der Waals surface area contributed by atoms with E-state index in [1.807, 2.05) is 6.07 Å². The number of carbonyl (C=O) groups is 1. The Balaban J connectivity index is 2.34. The number of methoxy groups -OCH3 is 1. The molecule has 0 aliphatic heterocycles. The van der Waals surface area contributed by atoms with E-state index in [1.54, 1.807) is 0 Å². The number of rotatable bonds is 7. The van der Waals surface area contributed by atoms with E-state index in [4.69, 9.17) is 14.2 Å². The standard InChI is InChI=1S/C26H43NO3Si/c1-19-22(30-31(8,9)25(3,4)5)15-16-23(26(19,6)18-17-24(28)29-7)27-20(2)21-13-11-10-12-14-21/h10-14,19-20,22H,15-18H2,1-9H3/t19-,20+,22+,26+/m0/s1. The van der Waals surface area contributed by atoms with Crippen molar-refractivity contribution < 1.29 is 14.0 Å². The molecule has 174 valence electrons. The van der Waals surface area contributed by atoms with E-state index in [9.17, 15) is 4.79 Å². The van der Waals surface area contributed by atoms with Crippen LogP contribution in [0.25, 0.3) is 0 Å². The molecule has 0 bridgehead atoms. The van der Waals surface area contributed by atoms with Gasteiger partial charge in [0.05, 0.1) is 13.2 Å². The van der Waals surface area contributed by atoms with Crippen LogP contribution in [-0.2, 0) is 14.0 Å². The van der Waals surface area contributed by atoms with Crippen LogP contribution in [0.1, 0.15) is 78.8 Å². The monoisotopic (exact) mass is 445 g/mol. The highest BCUT2D eigenvalue weighted by Crippen LogP contribution is 2.47. The minimum absolute atomic E-state index is 0.0960. The Morgan fingerprint density at radius 3 is 2.42 bits per heavy atom. The van der Waals surface area contributed by atoms with Gasteiger partial charge in [-0.1, -0.05) is 65.0 Å². The van der Waals surface area contributed by atoms with Gasteiger partial charge in [-0.15, -0.1) is 0 Å². The second-order valence-corrected chi connectivity index (χ2v) is 15.7. The number of benzene rings is 1. The fourth-order valence-corrected chi connectivity index (χ4v) is 5.72. The molecule has 1 aliphatic carbocycles. The number of ether oxygens (including phenoxy) is 1. The Morgan fingerprint density at radius 2 is 1.87 bits per heavy atom. The largest absolute Gasteiger partial charge is 0.469 e. The summed E-state index contributed by atoms with van der Waals surface area (Å²) in [6.07, 6.45) is 3.23. The first-order chi connectivity index (χ1) is 14.3. The molecule has 0 aromatic heterocycles. The molecule has 0 N–H and O–H groups in total. The van der Waals surface area contributed by atoms with Crippen LogP contribution in [0.3, 0.4) is 0 Å². The zero-order valence-corrected chi connectivity index (χ0v) is 22.1. The highest BCUT2D eigenvalue weighted by Gasteiger charge is 2.48. The summed E-state index contributed by atoms with van der Waals surface area (Å²) in [5.74, 6) is 0.123. The van der Waals surface area contributed by atoms with Crippen LogP contribution in [0, 0.1) is 11.3 Å². The topological polar surface area (TPSA) is 47.9 Å². The van der Waals surface area contributed by atoms with Crippen molar-refractivity contribution in [2.45, 2.75) is 97.5 Å². The molecule has 31 heavy (non-hydrogen) atoms. The Labute approximate surface area is 191 Å². The molecule has 5 heteroatoms. The van der Waals surface area contributed by atoms with Gasteiger partial charge in [-0.25, -0.2) is 0 Å². The third kappa shape index (κ3) is 6.07. The molecule has 1 aromatic carbocycles. The van der Waals surface area contributed by atoms with Crippen molar-refractivity contribution >= 4 is 20.0 Å². The average molecular weight is 446 g/mol. The number of carbonyl (C=O) groups excluding carboxylic acids is 1. The van der Waals surface area contributed by atoms with E-state index in [1.165, 1.54) is 18.4 Å². The second kappa shape index (κ2) is 9.99. The predicted molar refractivity (Wildman–Crippen MR) is 132 cm³/mol. The summed E-state index contributed by atoms with van der Waals surface area (Å²) >= 11 is 0. The van der Waals surface area contributed by atoms with Gasteiger partial charge in [0, 0.05) is 23.7 Å². The molecule has 0 unspecified atom stereocenters. The van der Waals surface area contributed by atoms with Crippen LogP contribution >= 0.6 is 0 Å². The van der Waals surface area contributed by atoms with Crippen molar-refractivity contribution in [1.82, 2.24) is 0 Å². The number of hydrogen-bond acceptors (Lipinski definition) is 4. The van der Waals surface area contributed by atoms with Gasteiger partial charge in [-0.05, 0) is 55.8 Å². The van der Waals surface area contributed by atoms with Crippen LogP contribution in [0.2, 0.25) is 18.1 Å². The molecule has 0 saturated heterocycles. The predicted octanol–water partition coefficient (Wildman–Crippen LogP) is 6.97. The van der Waals surface area contributed by atoms with Crippen LogP contribution in [0.4, 0.5) is 0 Å². The molecular weight excluding hydrogens is 402 g/mol. The number of nitrogens with zero attached hydrogens (tertiary/aromatic N) is 1. The summed E-state index contributed by atoms with van der Waals surface area (Å²) in [5.41, 5.74) is 2.25. The molecule has 1 fully saturated rings. The lowest BCUT2D eigenvalue weighted by Gasteiger charge is -2.49. The molecule has 4 nitrogen and oxygen atoms in total. The quantitative estimate of drug-likeness (QED) is 0.336. The minimum Gasteiger partial charge on any atom is -0.469 e. The van der Waals surface area contributed by atoms with Gasteiger partial charge in [0.15, 0.2) is 8.32 Å². The van der Waals surface area contributed by atoms with E-state index >= 15 is 0 Å². The van der Waals surface area contributed by atoms with Crippen LogP contribution in [0.15, 0.2) is 35.3 Å². The van der Waals surface area contributed by atoms with E-state index in [2.05, 4.69) is 78.9 Å². The minimum atomic E-state index is -1.89. The summed E-state index contributed by atoms with van der Waals surface area (Å²) < 4.78 is 11.8. The summed E-state index contributed by atoms with van der Waals surface area (Å²) in [5, 5.41) is 0.172. The molecule has 1 saturated carbocycles.